The molecule has 17 heavy (non-hydrogen) atoms. The van der Waals surface area contributed by atoms with Crippen LogP contribution in [0.1, 0.15) is 11.5 Å². The Bertz CT molecular complexity index is 472. The molecular formula is C12H13BrN2O2. The van der Waals surface area contributed by atoms with Gasteiger partial charge in [-0.15, -0.1) is 0 Å². The minimum atomic E-state index is -0.804. The normalized spacial score (nSPS) is 22.9. The van der Waals surface area contributed by atoms with Crippen molar-refractivity contribution in [2.75, 3.05) is 25.0 Å². The average Bonchev–Trinajstić information content (AvgIpc) is 2.59. The van der Waals surface area contributed by atoms with E-state index in [1.54, 1.807) is 0 Å². The number of hydrogen-bond donors (Lipinski definition) is 2. The van der Waals surface area contributed by atoms with E-state index in [0.717, 1.165) is 11.0 Å². The highest BCUT2D eigenvalue weighted by atomic mass is 79.9. The molecule has 0 saturated carbocycles. The molecule has 3 rings (SSSR count). The van der Waals surface area contributed by atoms with Crippen molar-refractivity contribution in [1.29, 1.82) is 0 Å². The summed E-state index contributed by atoms with van der Waals surface area (Å²) in [4.78, 5) is 12.2. The van der Waals surface area contributed by atoms with E-state index in [0.29, 0.717) is 24.9 Å². The molecule has 2 N–H and O–H groups in total. The maximum Gasteiger partial charge on any atom is 0.407 e. The molecule has 2 heterocycles. The van der Waals surface area contributed by atoms with E-state index < -0.39 is 6.09 Å². The number of anilines is 1. The lowest BCUT2D eigenvalue weighted by Crippen LogP contribution is -2.51. The monoisotopic (exact) mass is 296 g/mol. The number of benzene rings is 1. The zero-order valence-corrected chi connectivity index (χ0v) is 10.8. The predicted molar refractivity (Wildman–Crippen MR) is 68.5 cm³/mol. The number of carboxylic acid groups (broad SMARTS) is 1. The van der Waals surface area contributed by atoms with E-state index in [9.17, 15) is 4.79 Å². The molecule has 0 bridgehead atoms. The van der Waals surface area contributed by atoms with Crippen LogP contribution >= 0.6 is 15.9 Å². The van der Waals surface area contributed by atoms with Crippen LogP contribution in [0.2, 0.25) is 0 Å². The van der Waals surface area contributed by atoms with Gasteiger partial charge in [0.1, 0.15) is 0 Å². The summed E-state index contributed by atoms with van der Waals surface area (Å²) in [7, 11) is 0. The van der Waals surface area contributed by atoms with E-state index in [2.05, 4.69) is 33.4 Å². The van der Waals surface area contributed by atoms with Gasteiger partial charge in [-0.2, -0.15) is 0 Å². The van der Waals surface area contributed by atoms with Crippen molar-refractivity contribution in [2.45, 2.75) is 5.92 Å². The topological polar surface area (TPSA) is 52.6 Å². The van der Waals surface area contributed by atoms with Gasteiger partial charge in [-0.1, -0.05) is 15.9 Å². The highest BCUT2D eigenvalue weighted by Crippen LogP contribution is 2.41. The van der Waals surface area contributed by atoms with Crippen LogP contribution in [0.4, 0.5) is 10.5 Å². The Hall–Kier alpha value is -1.23. The summed E-state index contributed by atoms with van der Waals surface area (Å²) in [5, 5.41) is 12.2. The number of hydrogen-bond acceptors (Lipinski definition) is 2. The average molecular weight is 297 g/mol. The van der Waals surface area contributed by atoms with Gasteiger partial charge in [0, 0.05) is 41.6 Å². The Morgan fingerprint density at radius 3 is 2.94 bits per heavy atom. The van der Waals surface area contributed by atoms with Gasteiger partial charge in [-0.05, 0) is 23.8 Å². The second kappa shape index (κ2) is 3.91. The smallest absolute Gasteiger partial charge is 0.407 e. The number of nitrogens with zero attached hydrogens (tertiary/aromatic N) is 1. The molecule has 1 amide bonds. The minimum Gasteiger partial charge on any atom is -0.465 e. The van der Waals surface area contributed by atoms with E-state index in [-0.39, 0.29) is 0 Å². The molecule has 4 nitrogen and oxygen atoms in total. The molecule has 2 aliphatic rings. The van der Waals surface area contributed by atoms with Crippen LogP contribution in [-0.2, 0) is 0 Å². The summed E-state index contributed by atoms with van der Waals surface area (Å²) in [5.74, 6) is 0.896. The predicted octanol–water partition coefficient (Wildman–Crippen LogP) is 2.57. The van der Waals surface area contributed by atoms with Gasteiger partial charge in [-0.25, -0.2) is 4.79 Å². The van der Waals surface area contributed by atoms with E-state index in [1.807, 2.05) is 6.07 Å². The Labute approximate surface area is 108 Å². The fourth-order valence-electron chi connectivity index (χ4n) is 2.68. The molecule has 0 aromatic heterocycles. The lowest BCUT2D eigenvalue weighted by atomic mass is 9.82. The molecule has 1 fully saturated rings. The van der Waals surface area contributed by atoms with E-state index in [4.69, 9.17) is 5.11 Å². The maximum atomic E-state index is 10.7. The number of nitrogens with one attached hydrogen (secondary N) is 1. The van der Waals surface area contributed by atoms with Gasteiger partial charge in [0.15, 0.2) is 0 Å². The fraction of sp³-hybridized carbons (Fsp3) is 0.417. The third-order valence-electron chi connectivity index (χ3n) is 3.67. The Morgan fingerprint density at radius 2 is 2.24 bits per heavy atom. The molecule has 1 atom stereocenters. The highest BCUT2D eigenvalue weighted by Gasteiger charge is 2.39. The van der Waals surface area contributed by atoms with Crippen LogP contribution in [0.25, 0.3) is 0 Å². The quantitative estimate of drug-likeness (QED) is 0.837. The molecule has 0 spiro atoms. The fourth-order valence-corrected chi connectivity index (χ4v) is 3.05. The first-order chi connectivity index (χ1) is 8.15. The molecule has 1 aromatic carbocycles. The number of fused-ring (bicyclic) bond motifs is 1. The van der Waals surface area contributed by atoms with Crippen molar-refractivity contribution >= 4 is 27.7 Å². The summed E-state index contributed by atoms with van der Waals surface area (Å²) in [5.41, 5.74) is 2.50. The molecule has 0 aliphatic carbocycles. The van der Waals surface area contributed by atoms with Crippen LogP contribution in [0.5, 0.6) is 0 Å². The highest BCUT2D eigenvalue weighted by molar-refractivity contribution is 9.10. The number of halogens is 1. The van der Waals surface area contributed by atoms with Crippen LogP contribution < -0.4 is 5.32 Å². The van der Waals surface area contributed by atoms with Crippen molar-refractivity contribution in [3.8, 4) is 0 Å². The van der Waals surface area contributed by atoms with Crippen LogP contribution in [0, 0.1) is 5.92 Å². The van der Waals surface area contributed by atoms with Gasteiger partial charge in [0.2, 0.25) is 0 Å². The van der Waals surface area contributed by atoms with Crippen molar-refractivity contribution in [3.63, 3.8) is 0 Å². The zero-order chi connectivity index (χ0) is 12.0. The second-order valence-corrected chi connectivity index (χ2v) is 5.58. The molecular weight excluding hydrogens is 284 g/mol. The van der Waals surface area contributed by atoms with Gasteiger partial charge in [-0.3, -0.25) is 0 Å². The number of amides is 1. The largest absolute Gasteiger partial charge is 0.465 e. The number of carbonyl (C=O) groups is 1. The summed E-state index contributed by atoms with van der Waals surface area (Å²) in [6.45, 7) is 2.24. The Balaban J connectivity index is 1.76. The summed E-state index contributed by atoms with van der Waals surface area (Å²) < 4.78 is 1.08. The molecule has 1 aromatic rings. The van der Waals surface area contributed by atoms with Crippen LogP contribution in [0.15, 0.2) is 22.7 Å². The summed E-state index contributed by atoms with van der Waals surface area (Å²) in [6.07, 6.45) is -0.804. The SMILES string of the molecule is O=C(O)N1CC(C2CNc3ccc(Br)cc32)C1. The van der Waals surface area contributed by atoms with Crippen molar-refractivity contribution in [1.82, 2.24) is 4.90 Å². The standard InChI is InChI=1S/C12H13BrN2O2/c13-8-1-2-11-9(3-8)10(4-14-11)7-5-15(6-7)12(16)17/h1-3,7,10,14H,4-6H2,(H,16,17). The molecule has 90 valence electrons. The Kier molecular flexibility index (Phi) is 2.50. The maximum absolute atomic E-state index is 10.7. The molecule has 5 heteroatoms. The van der Waals surface area contributed by atoms with Gasteiger partial charge < -0.3 is 15.3 Å². The lowest BCUT2D eigenvalue weighted by Gasteiger charge is -2.40. The van der Waals surface area contributed by atoms with Gasteiger partial charge in [0.05, 0.1) is 0 Å². The first kappa shape index (κ1) is 10.9. The number of rotatable bonds is 1. The third kappa shape index (κ3) is 1.78. The molecule has 0 radical (unpaired) electrons. The van der Waals surface area contributed by atoms with Crippen molar-refractivity contribution in [3.05, 3.63) is 28.2 Å². The molecule has 1 unspecified atom stereocenters. The first-order valence-corrected chi connectivity index (χ1v) is 6.45. The van der Waals surface area contributed by atoms with E-state index in [1.165, 1.54) is 16.2 Å². The zero-order valence-electron chi connectivity index (χ0n) is 9.19. The lowest BCUT2D eigenvalue weighted by molar-refractivity contribution is 0.0727. The van der Waals surface area contributed by atoms with Gasteiger partial charge >= 0.3 is 6.09 Å². The number of likely N-dealkylation sites (tertiary alicyclic amines) is 1. The second-order valence-electron chi connectivity index (χ2n) is 4.67. The Morgan fingerprint density at radius 1 is 1.47 bits per heavy atom. The summed E-state index contributed by atoms with van der Waals surface area (Å²) in [6, 6.07) is 6.25. The van der Waals surface area contributed by atoms with Crippen molar-refractivity contribution in [2.24, 2.45) is 5.92 Å². The molecule has 1 saturated heterocycles. The third-order valence-corrected chi connectivity index (χ3v) is 4.17. The first-order valence-electron chi connectivity index (χ1n) is 5.66. The molecule has 2 aliphatic heterocycles. The van der Waals surface area contributed by atoms with E-state index >= 15 is 0 Å². The van der Waals surface area contributed by atoms with Gasteiger partial charge in [0.25, 0.3) is 0 Å². The minimum absolute atomic E-state index is 0.443. The van der Waals surface area contributed by atoms with Crippen molar-refractivity contribution < 1.29 is 9.90 Å². The van der Waals surface area contributed by atoms with Crippen LogP contribution in [-0.4, -0.2) is 35.7 Å². The summed E-state index contributed by atoms with van der Waals surface area (Å²) >= 11 is 3.48. The van der Waals surface area contributed by atoms with Crippen LogP contribution in [0.3, 0.4) is 0 Å².